The summed E-state index contributed by atoms with van der Waals surface area (Å²) in [7, 11) is -8.99. The molecule has 0 saturated heterocycles. The van der Waals surface area contributed by atoms with Gasteiger partial charge in [0.2, 0.25) is 0 Å². The Morgan fingerprint density at radius 1 is 0.583 bits per heavy atom. The third-order valence-electron chi connectivity index (χ3n) is 10.7. The first-order valence-corrected chi connectivity index (χ1v) is 22.7. The number of anilines is 2. The van der Waals surface area contributed by atoms with Gasteiger partial charge in [-0.3, -0.25) is 9.11 Å². The molecule has 22 heteroatoms. The van der Waals surface area contributed by atoms with Crippen LogP contribution in [0.5, 0.6) is 0 Å². The molecule has 0 spiro atoms. The average Bonchev–Trinajstić information content (AvgIpc) is 3.78. The first kappa shape index (κ1) is 42.5. The van der Waals surface area contributed by atoms with Crippen LogP contribution >= 0.6 is 34.8 Å². The number of aryl methyl sites for hydroxylation is 2. The number of azo groups is 2. The SMILES string of the molecule is O=S(=O)(O)c1c(N=Nc2nc3cc(Cl)c(Cl)cc3o2)cc2c3c1CCCN3CCC2.O=S(=O)(O)c1c(N=Nc2nc3ccc(Cl)cc3o2)cc2c3c1CCCN3CCC2.[Ni]. The molecule has 0 bridgehead atoms. The molecule has 2 N–H and O–H groups in total. The van der Waals surface area contributed by atoms with E-state index in [-0.39, 0.29) is 49.7 Å². The molecule has 316 valence electrons. The molecule has 60 heavy (non-hydrogen) atoms. The Morgan fingerprint density at radius 3 is 1.53 bits per heavy atom. The first-order chi connectivity index (χ1) is 28.2. The zero-order valence-electron chi connectivity index (χ0n) is 31.2. The topological polar surface area (TPSA) is 217 Å². The Kier molecular flexibility index (Phi) is 11.7. The smallest absolute Gasteiger partial charge is 0.341 e. The van der Waals surface area contributed by atoms with Crippen molar-refractivity contribution in [2.24, 2.45) is 20.5 Å². The second-order valence-corrected chi connectivity index (χ2v) is 18.5. The summed E-state index contributed by atoms with van der Waals surface area (Å²) in [5.41, 5.74) is 7.11. The summed E-state index contributed by atoms with van der Waals surface area (Å²) >= 11 is 17.9. The zero-order valence-corrected chi connectivity index (χ0v) is 36.1. The minimum atomic E-state index is -4.51. The molecule has 6 aromatic rings. The van der Waals surface area contributed by atoms with E-state index in [1.165, 1.54) is 6.07 Å². The number of hydrogen-bond acceptors (Lipinski definition) is 14. The molecule has 0 amide bonds. The van der Waals surface area contributed by atoms with Crippen molar-refractivity contribution in [1.82, 2.24) is 9.97 Å². The largest absolute Gasteiger partial charge is 0.421 e. The summed E-state index contributed by atoms with van der Waals surface area (Å²) in [6.45, 7) is 3.52. The van der Waals surface area contributed by atoms with Gasteiger partial charge in [0.25, 0.3) is 20.2 Å². The van der Waals surface area contributed by atoms with Gasteiger partial charge in [-0.25, -0.2) is 0 Å². The van der Waals surface area contributed by atoms with Gasteiger partial charge in [-0.2, -0.15) is 26.8 Å². The minimum Gasteiger partial charge on any atom is -0.421 e. The van der Waals surface area contributed by atoms with Crippen LogP contribution in [0.1, 0.15) is 47.9 Å². The van der Waals surface area contributed by atoms with E-state index in [0.29, 0.717) is 61.2 Å². The molecule has 0 atom stereocenters. The second kappa shape index (κ2) is 16.6. The molecular weight excluding hydrogens is 926 g/mol. The van der Waals surface area contributed by atoms with Gasteiger partial charge in [0.05, 0.1) is 10.0 Å². The van der Waals surface area contributed by atoms with Crippen LogP contribution in [0.25, 0.3) is 22.2 Å². The van der Waals surface area contributed by atoms with E-state index in [1.54, 1.807) is 36.4 Å². The molecule has 0 fully saturated rings. The normalized spacial score (nSPS) is 16.2. The molecule has 0 unspecified atom stereocenters. The predicted octanol–water partition coefficient (Wildman–Crippen LogP) is 10.3. The molecule has 4 aliphatic rings. The summed E-state index contributed by atoms with van der Waals surface area (Å²) in [5, 5.41) is 17.3. The zero-order chi connectivity index (χ0) is 41.2. The van der Waals surface area contributed by atoms with E-state index in [2.05, 4.69) is 40.2 Å². The molecule has 0 radical (unpaired) electrons. The van der Waals surface area contributed by atoms with Crippen LogP contribution in [0, 0.1) is 0 Å². The number of benzene rings is 4. The number of oxazole rings is 2. The van der Waals surface area contributed by atoms with Crippen LogP contribution in [-0.2, 0) is 62.4 Å². The fourth-order valence-corrected chi connectivity index (χ4v) is 10.7. The molecule has 4 aromatic carbocycles. The molecule has 0 saturated carbocycles. The number of fused-ring (bicyclic) bond motifs is 2. The third kappa shape index (κ3) is 8.26. The van der Waals surface area contributed by atoms with Gasteiger partial charge in [0, 0.05) is 71.2 Å². The van der Waals surface area contributed by atoms with Crippen LogP contribution in [-0.4, -0.2) is 62.1 Å². The quantitative estimate of drug-likeness (QED) is 0.0905. The van der Waals surface area contributed by atoms with Crippen molar-refractivity contribution in [2.45, 2.75) is 61.2 Å². The van der Waals surface area contributed by atoms with Gasteiger partial charge in [-0.15, -0.1) is 10.2 Å². The first-order valence-electron chi connectivity index (χ1n) is 18.7. The van der Waals surface area contributed by atoms with Crippen LogP contribution in [0.3, 0.4) is 0 Å². The van der Waals surface area contributed by atoms with Gasteiger partial charge in [-0.1, -0.05) is 45.0 Å². The fourth-order valence-electron chi connectivity index (χ4n) is 8.43. The number of hydrogen-bond donors (Lipinski definition) is 2. The van der Waals surface area contributed by atoms with Crippen LogP contribution in [0.2, 0.25) is 15.1 Å². The maximum atomic E-state index is 12.2. The van der Waals surface area contributed by atoms with Crippen LogP contribution < -0.4 is 9.80 Å². The fraction of sp³-hybridized carbons (Fsp3) is 0.316. The van der Waals surface area contributed by atoms with E-state index in [1.807, 2.05) is 0 Å². The standard InChI is InChI=1S/C19H16Cl2N4O4S.C19H17ClN4O4S.Ni/c20-12-8-14-16(9-13(12)21)29-19(22-14)24-23-15-7-10-3-1-5-25-6-2-4-11(17(10)25)18(15)30(26,27)28;20-12-5-6-14-16(10-12)28-19(21-14)23-22-15-9-11-3-1-7-24-8-2-4-13(17(11)24)18(15)29(25,26)27;/h7-9H,1-6H2,(H,26,27,28);5-6,9-10H,1-4,7-8H2,(H,25,26,27);. The second-order valence-electron chi connectivity index (χ2n) is 14.5. The Labute approximate surface area is 368 Å². The van der Waals surface area contributed by atoms with Gasteiger partial charge in [0.15, 0.2) is 11.2 Å². The Morgan fingerprint density at radius 2 is 1.03 bits per heavy atom. The number of aromatic nitrogens is 2. The summed E-state index contributed by atoms with van der Waals surface area (Å²) in [4.78, 5) is 12.4. The van der Waals surface area contributed by atoms with Gasteiger partial charge in [-0.05, 0) is 104 Å². The van der Waals surface area contributed by atoms with Crippen LogP contribution in [0.15, 0.2) is 81.5 Å². The molecular formula is C38H33Cl3N8NiO8S2. The van der Waals surface area contributed by atoms with Gasteiger partial charge >= 0.3 is 12.0 Å². The van der Waals surface area contributed by atoms with Gasteiger partial charge < -0.3 is 18.6 Å². The molecule has 16 nitrogen and oxygen atoms in total. The Bertz CT molecular complexity index is 2950. The number of nitrogens with zero attached hydrogens (tertiary/aromatic N) is 8. The molecule has 10 rings (SSSR count). The van der Waals surface area contributed by atoms with Crippen molar-refractivity contribution >= 4 is 112 Å². The summed E-state index contributed by atoms with van der Waals surface area (Å²) < 4.78 is 79.8. The maximum Gasteiger partial charge on any atom is 0.341 e. The number of halogens is 3. The average molecular weight is 959 g/mol. The van der Waals surface area contributed by atoms with E-state index in [0.717, 1.165) is 87.2 Å². The van der Waals surface area contributed by atoms with Gasteiger partial charge in [0.1, 0.15) is 32.2 Å². The molecule has 2 aromatic heterocycles. The van der Waals surface area contributed by atoms with Crippen molar-refractivity contribution in [3.8, 4) is 0 Å². The van der Waals surface area contributed by atoms with Crippen molar-refractivity contribution < 1.29 is 51.3 Å². The summed E-state index contributed by atoms with van der Waals surface area (Å²) in [6, 6.07) is 11.3. The van der Waals surface area contributed by atoms with E-state index >= 15 is 0 Å². The Hall–Kier alpha value is -4.20. The van der Waals surface area contributed by atoms with Crippen molar-refractivity contribution in [3.05, 3.63) is 79.8 Å². The van der Waals surface area contributed by atoms with E-state index in [4.69, 9.17) is 43.6 Å². The molecule has 6 heterocycles. The summed E-state index contributed by atoms with van der Waals surface area (Å²) in [5.74, 6) is 0. The molecule has 4 aliphatic heterocycles. The minimum absolute atomic E-state index is 0. The van der Waals surface area contributed by atoms with Crippen LogP contribution in [0.4, 0.5) is 34.8 Å². The monoisotopic (exact) mass is 956 g/mol. The summed E-state index contributed by atoms with van der Waals surface area (Å²) in [6.07, 6.45) is 6.35. The molecule has 0 aliphatic carbocycles. The van der Waals surface area contributed by atoms with E-state index in [9.17, 15) is 25.9 Å². The third-order valence-corrected chi connectivity index (χ3v) is 13.6. The van der Waals surface area contributed by atoms with Crippen molar-refractivity contribution in [3.63, 3.8) is 0 Å². The van der Waals surface area contributed by atoms with Crippen molar-refractivity contribution in [1.29, 1.82) is 0 Å². The number of rotatable bonds is 6. The Balaban J connectivity index is 0.000000164. The predicted molar refractivity (Wildman–Crippen MR) is 222 cm³/mol. The maximum absolute atomic E-state index is 12.2. The van der Waals surface area contributed by atoms with E-state index < -0.39 is 20.2 Å². The van der Waals surface area contributed by atoms with Crippen molar-refractivity contribution in [2.75, 3.05) is 36.0 Å².